The summed E-state index contributed by atoms with van der Waals surface area (Å²) in [5, 5.41) is 1.05. The largest absolute Gasteiger partial charge is 0.346 e. The zero-order valence-electron chi connectivity index (χ0n) is 16.2. The molecule has 5 nitrogen and oxygen atoms in total. The molecule has 4 aromatic rings. The molecule has 0 spiro atoms. The average Bonchev–Trinajstić information content (AvgIpc) is 3.16. The predicted molar refractivity (Wildman–Crippen MR) is 113 cm³/mol. The van der Waals surface area contributed by atoms with Gasteiger partial charge < -0.3 is 4.98 Å². The first kappa shape index (κ1) is 17.9. The van der Waals surface area contributed by atoms with Crippen LogP contribution in [0.5, 0.6) is 0 Å². The Morgan fingerprint density at radius 1 is 1.04 bits per heavy atom. The predicted octanol–water partition coefficient (Wildman–Crippen LogP) is 3.91. The zero-order valence-corrected chi connectivity index (χ0v) is 16.2. The van der Waals surface area contributed by atoms with E-state index in [1.807, 2.05) is 62.6 Å². The molecular formula is C23H21N5. The maximum atomic E-state index is 4.75. The van der Waals surface area contributed by atoms with Gasteiger partial charge in [0.1, 0.15) is 5.65 Å². The second-order valence-corrected chi connectivity index (χ2v) is 6.96. The van der Waals surface area contributed by atoms with Gasteiger partial charge in [-0.25, -0.2) is 4.98 Å². The van der Waals surface area contributed by atoms with E-state index in [4.69, 9.17) is 4.98 Å². The summed E-state index contributed by atoms with van der Waals surface area (Å²) >= 11 is 0. The lowest BCUT2D eigenvalue weighted by Crippen LogP contribution is -2.10. The van der Waals surface area contributed by atoms with E-state index in [0.717, 1.165) is 44.8 Å². The molecule has 0 unspecified atom stereocenters. The van der Waals surface area contributed by atoms with Gasteiger partial charge in [-0.2, -0.15) is 0 Å². The van der Waals surface area contributed by atoms with Crippen molar-refractivity contribution >= 4 is 11.0 Å². The minimum atomic E-state index is 0.713. The summed E-state index contributed by atoms with van der Waals surface area (Å²) in [6, 6.07) is 12.2. The van der Waals surface area contributed by atoms with E-state index in [0.29, 0.717) is 6.54 Å². The van der Waals surface area contributed by atoms with Crippen molar-refractivity contribution in [2.45, 2.75) is 6.92 Å². The first-order valence-corrected chi connectivity index (χ1v) is 9.11. The van der Waals surface area contributed by atoms with Gasteiger partial charge in [0.25, 0.3) is 0 Å². The molecule has 1 N–H and O–H groups in total. The minimum absolute atomic E-state index is 0.713. The highest BCUT2D eigenvalue weighted by Crippen LogP contribution is 2.31. The quantitative estimate of drug-likeness (QED) is 0.558. The molecule has 0 aliphatic heterocycles. The number of hydrogen-bond acceptors (Lipinski definition) is 4. The van der Waals surface area contributed by atoms with Crippen molar-refractivity contribution in [1.82, 2.24) is 24.8 Å². The molecule has 5 heteroatoms. The molecule has 0 amide bonds. The molecule has 0 bridgehead atoms. The number of H-pyrrole nitrogens is 1. The number of rotatable bonds is 3. The number of nitrogens with zero attached hydrogens (tertiary/aromatic N) is 4. The maximum Gasteiger partial charge on any atom is 0.138 e. The Morgan fingerprint density at radius 3 is 2.75 bits per heavy atom. The summed E-state index contributed by atoms with van der Waals surface area (Å²) in [6.45, 7) is 2.70. The van der Waals surface area contributed by atoms with E-state index in [-0.39, 0.29) is 0 Å². The van der Waals surface area contributed by atoms with Crippen molar-refractivity contribution in [3.05, 3.63) is 66.2 Å². The van der Waals surface area contributed by atoms with Crippen LogP contribution in [0.15, 0.2) is 55.0 Å². The number of hydrogen-bond donors (Lipinski definition) is 1. The number of aryl methyl sites for hydroxylation is 1. The molecule has 28 heavy (non-hydrogen) atoms. The number of aromatic amines is 1. The van der Waals surface area contributed by atoms with Crippen molar-refractivity contribution in [1.29, 1.82) is 0 Å². The molecule has 4 rings (SSSR count). The van der Waals surface area contributed by atoms with Crippen LogP contribution < -0.4 is 0 Å². The molecule has 0 saturated heterocycles. The third-order valence-corrected chi connectivity index (χ3v) is 4.36. The fourth-order valence-corrected chi connectivity index (χ4v) is 3.05. The molecule has 0 aromatic carbocycles. The summed E-state index contributed by atoms with van der Waals surface area (Å²) in [5.41, 5.74) is 6.46. The molecule has 0 fully saturated rings. The van der Waals surface area contributed by atoms with E-state index in [9.17, 15) is 0 Å². The van der Waals surface area contributed by atoms with E-state index >= 15 is 0 Å². The van der Waals surface area contributed by atoms with E-state index in [1.165, 1.54) is 0 Å². The van der Waals surface area contributed by atoms with Crippen LogP contribution in [0.25, 0.3) is 33.5 Å². The first-order valence-electron chi connectivity index (χ1n) is 9.11. The van der Waals surface area contributed by atoms with Crippen molar-refractivity contribution in [2.24, 2.45) is 0 Å². The highest BCUT2D eigenvalue weighted by atomic mass is 15.0. The third kappa shape index (κ3) is 3.78. The Balaban J connectivity index is 1.82. The molecule has 4 heterocycles. The lowest BCUT2D eigenvalue weighted by molar-refractivity contribution is 0.464. The van der Waals surface area contributed by atoms with E-state index in [2.05, 4.69) is 38.9 Å². The van der Waals surface area contributed by atoms with Crippen LogP contribution in [0.4, 0.5) is 0 Å². The molecule has 0 aliphatic carbocycles. The Morgan fingerprint density at radius 2 is 1.93 bits per heavy atom. The molecule has 0 radical (unpaired) electrons. The fourth-order valence-electron chi connectivity index (χ4n) is 3.05. The van der Waals surface area contributed by atoms with Crippen LogP contribution in [-0.2, 0) is 0 Å². The summed E-state index contributed by atoms with van der Waals surface area (Å²) in [5.74, 6) is 6.35. The summed E-state index contributed by atoms with van der Waals surface area (Å²) in [4.78, 5) is 19.0. The summed E-state index contributed by atoms with van der Waals surface area (Å²) in [7, 11) is 4.01. The normalized spacial score (nSPS) is 10.9. The summed E-state index contributed by atoms with van der Waals surface area (Å²) in [6.07, 6.45) is 5.57. The second-order valence-electron chi connectivity index (χ2n) is 6.96. The van der Waals surface area contributed by atoms with Crippen molar-refractivity contribution in [2.75, 3.05) is 20.6 Å². The van der Waals surface area contributed by atoms with Crippen LogP contribution >= 0.6 is 0 Å². The third-order valence-electron chi connectivity index (χ3n) is 4.36. The topological polar surface area (TPSA) is 57.7 Å². The van der Waals surface area contributed by atoms with Crippen LogP contribution in [0.3, 0.4) is 0 Å². The zero-order chi connectivity index (χ0) is 19.5. The van der Waals surface area contributed by atoms with Crippen LogP contribution in [-0.4, -0.2) is 45.5 Å². The summed E-state index contributed by atoms with van der Waals surface area (Å²) < 4.78 is 0. The number of aromatic nitrogens is 4. The van der Waals surface area contributed by atoms with Crippen LogP contribution in [0, 0.1) is 18.8 Å². The molecule has 0 aliphatic rings. The Hall–Kier alpha value is -3.49. The van der Waals surface area contributed by atoms with E-state index < -0.39 is 0 Å². The van der Waals surface area contributed by atoms with Crippen molar-refractivity contribution in [3.63, 3.8) is 0 Å². The highest BCUT2D eigenvalue weighted by molar-refractivity contribution is 5.95. The minimum Gasteiger partial charge on any atom is -0.346 e. The van der Waals surface area contributed by atoms with Gasteiger partial charge in [-0.05, 0) is 56.9 Å². The van der Waals surface area contributed by atoms with Gasteiger partial charge in [-0.15, -0.1) is 0 Å². The highest BCUT2D eigenvalue weighted by Gasteiger charge is 2.12. The molecule has 4 aromatic heterocycles. The van der Waals surface area contributed by atoms with Crippen LogP contribution in [0.1, 0.15) is 11.3 Å². The van der Waals surface area contributed by atoms with Gasteiger partial charge in [-0.1, -0.05) is 17.9 Å². The van der Waals surface area contributed by atoms with Gasteiger partial charge in [0.05, 0.1) is 17.9 Å². The number of fused-ring (bicyclic) bond motifs is 1. The fraction of sp³-hybridized carbons (Fsp3) is 0.174. The van der Waals surface area contributed by atoms with Gasteiger partial charge in [0.2, 0.25) is 0 Å². The average molecular weight is 367 g/mol. The SMILES string of the molecule is Cc1cccc(-c2cc(-c3cncc(C#CCN(C)C)c3)c3cc[nH]c3n2)n1. The van der Waals surface area contributed by atoms with E-state index in [1.54, 1.807) is 6.20 Å². The lowest BCUT2D eigenvalue weighted by Gasteiger charge is -2.08. The van der Waals surface area contributed by atoms with Crippen LogP contribution in [0.2, 0.25) is 0 Å². The van der Waals surface area contributed by atoms with Gasteiger partial charge in [-0.3, -0.25) is 14.9 Å². The van der Waals surface area contributed by atoms with Crippen molar-refractivity contribution < 1.29 is 0 Å². The molecule has 0 saturated carbocycles. The lowest BCUT2D eigenvalue weighted by atomic mass is 10.0. The van der Waals surface area contributed by atoms with Crippen molar-refractivity contribution in [3.8, 4) is 34.4 Å². The Bertz CT molecular complexity index is 1190. The Kier molecular flexibility index (Phi) is 4.88. The van der Waals surface area contributed by atoms with Gasteiger partial charge in [0, 0.05) is 40.8 Å². The first-order chi connectivity index (χ1) is 13.6. The van der Waals surface area contributed by atoms with Gasteiger partial charge in [0.15, 0.2) is 0 Å². The Labute approximate surface area is 164 Å². The number of nitrogens with one attached hydrogen (secondary N) is 1. The molecule has 0 atom stereocenters. The maximum absolute atomic E-state index is 4.75. The smallest absolute Gasteiger partial charge is 0.138 e. The standard InChI is InChI=1S/C23H21N5/c1-16-6-4-8-21(26-16)22-13-20(19-9-10-25-23(19)27-22)18-12-17(14-24-15-18)7-5-11-28(2)3/h4,6,8-10,12-15H,11H2,1-3H3,(H,25,27). The molecule has 138 valence electrons. The molecular weight excluding hydrogens is 346 g/mol. The van der Waals surface area contributed by atoms with Gasteiger partial charge >= 0.3 is 0 Å². The second kappa shape index (κ2) is 7.63. The number of pyridine rings is 3. The monoisotopic (exact) mass is 367 g/mol.